The fourth-order valence-corrected chi connectivity index (χ4v) is 2.60. The molecule has 0 aliphatic carbocycles. The normalized spacial score (nSPS) is 18.3. The van der Waals surface area contributed by atoms with E-state index in [1.807, 2.05) is 12.3 Å². The van der Waals surface area contributed by atoms with Crippen LogP contribution in [-0.2, 0) is 17.7 Å². The second-order valence-corrected chi connectivity index (χ2v) is 4.95. The van der Waals surface area contributed by atoms with Crippen molar-refractivity contribution in [3.63, 3.8) is 0 Å². The van der Waals surface area contributed by atoms with Crippen LogP contribution in [-0.4, -0.2) is 23.5 Å². The molecule has 1 aliphatic rings. The minimum Gasteiger partial charge on any atom is -0.358 e. The van der Waals surface area contributed by atoms with Gasteiger partial charge in [0.1, 0.15) is 6.23 Å². The highest BCUT2D eigenvalue weighted by molar-refractivity contribution is 5.30. The third kappa shape index (κ3) is 2.67. The van der Waals surface area contributed by atoms with Gasteiger partial charge < -0.3 is 4.74 Å². The lowest BCUT2D eigenvalue weighted by Crippen LogP contribution is -2.30. The molecule has 1 aromatic carbocycles. The SMILES string of the molecule is CN(Cc1cccnc1)C1OCCc2ccccc21. The Morgan fingerprint density at radius 1 is 1.26 bits per heavy atom. The van der Waals surface area contributed by atoms with Gasteiger partial charge in [-0.3, -0.25) is 9.88 Å². The molecule has 1 aliphatic heterocycles. The number of hydrogen-bond donors (Lipinski definition) is 0. The van der Waals surface area contributed by atoms with Crippen molar-refractivity contribution in [1.29, 1.82) is 0 Å². The Kier molecular flexibility index (Phi) is 3.58. The van der Waals surface area contributed by atoms with E-state index >= 15 is 0 Å². The quantitative estimate of drug-likeness (QED) is 0.842. The van der Waals surface area contributed by atoms with Crippen LogP contribution in [0.3, 0.4) is 0 Å². The zero-order valence-electron chi connectivity index (χ0n) is 11.1. The Labute approximate surface area is 113 Å². The van der Waals surface area contributed by atoms with Crippen molar-refractivity contribution in [2.75, 3.05) is 13.7 Å². The van der Waals surface area contributed by atoms with E-state index < -0.39 is 0 Å². The smallest absolute Gasteiger partial charge is 0.137 e. The number of nitrogens with zero attached hydrogens (tertiary/aromatic N) is 2. The molecule has 1 aromatic heterocycles. The zero-order chi connectivity index (χ0) is 13.1. The van der Waals surface area contributed by atoms with Gasteiger partial charge in [-0.2, -0.15) is 0 Å². The molecule has 0 saturated heterocycles. The van der Waals surface area contributed by atoms with E-state index in [1.54, 1.807) is 6.20 Å². The lowest BCUT2D eigenvalue weighted by atomic mass is 10.0. The number of aromatic nitrogens is 1. The van der Waals surface area contributed by atoms with Crippen molar-refractivity contribution in [2.45, 2.75) is 19.2 Å². The maximum absolute atomic E-state index is 5.94. The first-order valence-corrected chi connectivity index (χ1v) is 6.63. The average molecular weight is 254 g/mol. The fraction of sp³-hybridized carbons (Fsp3) is 0.312. The van der Waals surface area contributed by atoms with Crippen LogP contribution in [0.2, 0.25) is 0 Å². The Morgan fingerprint density at radius 2 is 2.16 bits per heavy atom. The maximum Gasteiger partial charge on any atom is 0.137 e. The first-order valence-electron chi connectivity index (χ1n) is 6.63. The fourth-order valence-electron chi connectivity index (χ4n) is 2.60. The lowest BCUT2D eigenvalue weighted by molar-refractivity contribution is -0.0625. The Bertz CT molecular complexity index is 541. The summed E-state index contributed by atoms with van der Waals surface area (Å²) in [4.78, 5) is 6.39. The summed E-state index contributed by atoms with van der Waals surface area (Å²) in [5.74, 6) is 0. The van der Waals surface area contributed by atoms with Crippen LogP contribution < -0.4 is 0 Å². The van der Waals surface area contributed by atoms with Gasteiger partial charge in [0.15, 0.2) is 0 Å². The van der Waals surface area contributed by atoms with Crippen LogP contribution in [0.25, 0.3) is 0 Å². The van der Waals surface area contributed by atoms with Gasteiger partial charge in [-0.05, 0) is 36.2 Å². The summed E-state index contributed by atoms with van der Waals surface area (Å²) >= 11 is 0. The highest BCUT2D eigenvalue weighted by Gasteiger charge is 2.24. The summed E-state index contributed by atoms with van der Waals surface area (Å²) in [6.07, 6.45) is 4.76. The third-order valence-electron chi connectivity index (χ3n) is 3.52. The van der Waals surface area contributed by atoms with E-state index in [-0.39, 0.29) is 6.23 Å². The summed E-state index contributed by atoms with van der Waals surface area (Å²) < 4.78 is 5.94. The van der Waals surface area contributed by atoms with Crippen LogP contribution in [0.15, 0.2) is 48.8 Å². The molecule has 3 nitrogen and oxygen atoms in total. The predicted octanol–water partition coefficient (Wildman–Crippen LogP) is 2.78. The zero-order valence-corrected chi connectivity index (χ0v) is 11.1. The lowest BCUT2D eigenvalue weighted by Gasteiger charge is -2.33. The molecule has 0 radical (unpaired) electrons. The molecule has 98 valence electrons. The second kappa shape index (κ2) is 5.51. The molecule has 3 rings (SSSR count). The third-order valence-corrected chi connectivity index (χ3v) is 3.52. The Morgan fingerprint density at radius 3 is 3.00 bits per heavy atom. The molecular weight excluding hydrogens is 236 g/mol. The van der Waals surface area contributed by atoms with Crippen molar-refractivity contribution in [3.8, 4) is 0 Å². The number of benzene rings is 1. The van der Waals surface area contributed by atoms with Crippen molar-refractivity contribution in [1.82, 2.24) is 9.88 Å². The van der Waals surface area contributed by atoms with Gasteiger partial charge in [-0.15, -0.1) is 0 Å². The van der Waals surface area contributed by atoms with Crippen LogP contribution in [0, 0.1) is 0 Å². The van der Waals surface area contributed by atoms with Crippen LogP contribution >= 0.6 is 0 Å². The molecule has 0 saturated carbocycles. The van der Waals surface area contributed by atoms with Crippen molar-refractivity contribution >= 4 is 0 Å². The molecule has 0 fully saturated rings. The van der Waals surface area contributed by atoms with Crippen molar-refractivity contribution in [3.05, 3.63) is 65.5 Å². The predicted molar refractivity (Wildman–Crippen MR) is 74.5 cm³/mol. The van der Waals surface area contributed by atoms with E-state index in [0.717, 1.165) is 19.6 Å². The summed E-state index contributed by atoms with van der Waals surface area (Å²) in [5.41, 5.74) is 3.90. The Hall–Kier alpha value is -1.71. The van der Waals surface area contributed by atoms with Crippen LogP contribution in [0.5, 0.6) is 0 Å². The Balaban J connectivity index is 1.80. The molecule has 0 N–H and O–H groups in total. The van der Waals surface area contributed by atoms with Gasteiger partial charge in [0.2, 0.25) is 0 Å². The molecule has 0 spiro atoms. The molecule has 0 bridgehead atoms. The van der Waals surface area contributed by atoms with E-state index in [2.05, 4.69) is 47.3 Å². The van der Waals surface area contributed by atoms with Crippen molar-refractivity contribution in [2.24, 2.45) is 0 Å². The minimum atomic E-state index is 0.0464. The first kappa shape index (κ1) is 12.3. The van der Waals surface area contributed by atoms with Gasteiger partial charge in [0.05, 0.1) is 6.61 Å². The molecule has 1 atom stereocenters. The summed E-state index contributed by atoms with van der Waals surface area (Å²) in [6.45, 7) is 1.63. The van der Waals surface area contributed by atoms with Crippen LogP contribution in [0.1, 0.15) is 22.9 Å². The van der Waals surface area contributed by atoms with Gasteiger partial charge in [-0.25, -0.2) is 0 Å². The monoisotopic (exact) mass is 254 g/mol. The molecular formula is C16H18N2O. The minimum absolute atomic E-state index is 0.0464. The number of fused-ring (bicyclic) bond motifs is 1. The molecule has 2 aromatic rings. The summed E-state index contributed by atoms with van der Waals surface area (Å²) in [5, 5.41) is 0. The molecule has 1 unspecified atom stereocenters. The number of rotatable bonds is 3. The largest absolute Gasteiger partial charge is 0.358 e. The number of hydrogen-bond acceptors (Lipinski definition) is 3. The van der Waals surface area contributed by atoms with Gasteiger partial charge in [0.25, 0.3) is 0 Å². The second-order valence-electron chi connectivity index (χ2n) is 4.95. The van der Waals surface area contributed by atoms with Gasteiger partial charge in [0, 0.05) is 18.9 Å². The highest BCUT2D eigenvalue weighted by Crippen LogP contribution is 2.29. The van der Waals surface area contributed by atoms with E-state index in [0.29, 0.717) is 0 Å². The molecule has 3 heteroatoms. The van der Waals surface area contributed by atoms with Crippen LogP contribution in [0.4, 0.5) is 0 Å². The van der Waals surface area contributed by atoms with E-state index in [1.165, 1.54) is 16.7 Å². The molecule has 2 heterocycles. The number of pyridine rings is 1. The van der Waals surface area contributed by atoms with Gasteiger partial charge in [-0.1, -0.05) is 30.3 Å². The average Bonchev–Trinajstić information content (AvgIpc) is 2.47. The topological polar surface area (TPSA) is 25.4 Å². The van der Waals surface area contributed by atoms with E-state index in [9.17, 15) is 0 Å². The molecule has 19 heavy (non-hydrogen) atoms. The van der Waals surface area contributed by atoms with Gasteiger partial charge >= 0.3 is 0 Å². The summed E-state index contributed by atoms with van der Waals surface area (Å²) in [7, 11) is 2.10. The standard InChI is InChI=1S/C16H18N2O/c1-18(12-13-5-4-9-17-11-13)16-15-7-3-2-6-14(15)8-10-19-16/h2-7,9,11,16H,8,10,12H2,1H3. The number of ether oxygens (including phenoxy) is 1. The highest BCUT2D eigenvalue weighted by atomic mass is 16.5. The maximum atomic E-state index is 5.94. The summed E-state index contributed by atoms with van der Waals surface area (Å²) in [6, 6.07) is 12.6. The van der Waals surface area contributed by atoms with E-state index in [4.69, 9.17) is 4.74 Å². The van der Waals surface area contributed by atoms with Crippen molar-refractivity contribution < 1.29 is 4.74 Å². The molecule has 0 amide bonds. The first-order chi connectivity index (χ1) is 9.34.